The number of guanidine groups is 1. The average Bonchev–Trinajstić information content (AvgIpc) is 3.12. The van der Waals surface area contributed by atoms with Crippen molar-refractivity contribution in [1.82, 2.24) is 15.1 Å². The summed E-state index contributed by atoms with van der Waals surface area (Å²) in [6.07, 6.45) is 9.80. The van der Waals surface area contributed by atoms with Crippen LogP contribution in [-0.4, -0.2) is 86.9 Å². The van der Waals surface area contributed by atoms with Crippen molar-refractivity contribution < 1.29 is 14.3 Å². The van der Waals surface area contributed by atoms with Gasteiger partial charge in [-0.1, -0.05) is 25.7 Å². The van der Waals surface area contributed by atoms with Crippen LogP contribution in [0.4, 0.5) is 0 Å². The Morgan fingerprint density at radius 1 is 1.04 bits per heavy atom. The van der Waals surface area contributed by atoms with E-state index >= 15 is 0 Å². The summed E-state index contributed by atoms with van der Waals surface area (Å²) in [5.41, 5.74) is 0. The highest BCUT2D eigenvalue weighted by atomic mass is 16.5. The van der Waals surface area contributed by atoms with Gasteiger partial charge < -0.3 is 24.6 Å². The summed E-state index contributed by atoms with van der Waals surface area (Å²) in [6.45, 7) is 5.30. The predicted octanol–water partition coefficient (Wildman–Crippen LogP) is 1.62. The van der Waals surface area contributed by atoms with Crippen LogP contribution in [0.15, 0.2) is 4.99 Å². The van der Waals surface area contributed by atoms with Gasteiger partial charge >= 0.3 is 0 Å². The molecule has 3 fully saturated rings. The van der Waals surface area contributed by atoms with Crippen LogP contribution in [0.25, 0.3) is 0 Å². The number of nitrogens with zero attached hydrogens (tertiary/aromatic N) is 3. The molecule has 1 saturated carbocycles. The topological polar surface area (TPSA) is 66.4 Å². The lowest BCUT2D eigenvalue weighted by Gasteiger charge is -2.37. The van der Waals surface area contributed by atoms with Crippen molar-refractivity contribution in [3.05, 3.63) is 0 Å². The minimum Gasteiger partial charge on any atom is -0.376 e. The van der Waals surface area contributed by atoms with E-state index in [0.29, 0.717) is 6.10 Å². The molecule has 0 aromatic rings. The number of ether oxygens (including phenoxy) is 2. The van der Waals surface area contributed by atoms with Gasteiger partial charge in [-0.05, 0) is 25.7 Å². The van der Waals surface area contributed by atoms with Crippen LogP contribution in [-0.2, 0) is 14.3 Å². The molecule has 0 aromatic carbocycles. The van der Waals surface area contributed by atoms with Crippen LogP contribution < -0.4 is 5.32 Å². The average molecular weight is 381 g/mol. The molecule has 1 N–H and O–H groups in total. The second-order valence-electron chi connectivity index (χ2n) is 7.77. The molecule has 0 bridgehead atoms. The fourth-order valence-corrected chi connectivity index (χ4v) is 4.24. The van der Waals surface area contributed by atoms with E-state index in [9.17, 15) is 4.79 Å². The number of carbonyl (C=O) groups excluding carboxylic acids is 1. The van der Waals surface area contributed by atoms with Crippen LogP contribution in [0.3, 0.4) is 0 Å². The summed E-state index contributed by atoms with van der Waals surface area (Å²) in [7, 11) is 1.82. The van der Waals surface area contributed by atoms with Gasteiger partial charge in [-0.3, -0.25) is 9.79 Å². The van der Waals surface area contributed by atoms with Gasteiger partial charge in [0.05, 0.1) is 12.7 Å². The summed E-state index contributed by atoms with van der Waals surface area (Å²) in [5, 5.41) is 3.42. The lowest BCUT2D eigenvalue weighted by molar-refractivity contribution is -0.142. The van der Waals surface area contributed by atoms with Gasteiger partial charge in [0.15, 0.2) is 5.96 Å². The maximum Gasteiger partial charge on any atom is 0.251 e. The van der Waals surface area contributed by atoms with Crippen molar-refractivity contribution in [1.29, 1.82) is 0 Å². The molecule has 1 unspecified atom stereocenters. The number of hydrogen-bond acceptors (Lipinski definition) is 4. The molecular weight excluding hydrogens is 344 g/mol. The Kier molecular flexibility index (Phi) is 8.20. The molecular formula is C20H36N4O3. The molecule has 2 aliphatic heterocycles. The van der Waals surface area contributed by atoms with Crippen LogP contribution >= 0.6 is 0 Å². The number of carbonyl (C=O) groups is 1. The van der Waals surface area contributed by atoms with Crippen molar-refractivity contribution in [3.8, 4) is 0 Å². The third-order valence-electron chi connectivity index (χ3n) is 5.85. The Balaban J connectivity index is 1.34. The van der Waals surface area contributed by atoms with E-state index in [1.165, 1.54) is 38.5 Å². The number of hydrogen-bond donors (Lipinski definition) is 1. The fraction of sp³-hybridized carbons (Fsp3) is 0.900. The predicted molar refractivity (Wildman–Crippen MR) is 106 cm³/mol. The van der Waals surface area contributed by atoms with Crippen molar-refractivity contribution in [2.24, 2.45) is 4.99 Å². The van der Waals surface area contributed by atoms with E-state index in [0.717, 1.165) is 64.7 Å². The molecule has 2 heterocycles. The second-order valence-corrected chi connectivity index (χ2v) is 7.77. The third kappa shape index (κ3) is 6.07. The molecule has 7 nitrogen and oxygen atoms in total. The first-order valence-electron chi connectivity index (χ1n) is 10.8. The Morgan fingerprint density at radius 2 is 1.74 bits per heavy atom. The van der Waals surface area contributed by atoms with Crippen LogP contribution in [0.1, 0.15) is 51.4 Å². The van der Waals surface area contributed by atoms with E-state index in [2.05, 4.69) is 15.2 Å². The maximum absolute atomic E-state index is 12.5. The van der Waals surface area contributed by atoms with E-state index in [1.807, 2.05) is 11.9 Å². The zero-order valence-electron chi connectivity index (χ0n) is 16.8. The zero-order valence-corrected chi connectivity index (χ0v) is 16.8. The molecule has 1 amide bonds. The summed E-state index contributed by atoms with van der Waals surface area (Å²) in [5.74, 6) is 1.07. The van der Waals surface area contributed by atoms with Crippen LogP contribution in [0, 0.1) is 0 Å². The Labute approximate surface area is 163 Å². The molecule has 3 aliphatic rings. The van der Waals surface area contributed by atoms with Gasteiger partial charge in [0, 0.05) is 46.4 Å². The first-order valence-corrected chi connectivity index (χ1v) is 10.8. The first-order chi connectivity index (χ1) is 13.3. The van der Waals surface area contributed by atoms with Crippen molar-refractivity contribution in [3.63, 3.8) is 0 Å². The van der Waals surface area contributed by atoms with Gasteiger partial charge in [-0.2, -0.15) is 0 Å². The van der Waals surface area contributed by atoms with Crippen LogP contribution in [0.5, 0.6) is 0 Å². The van der Waals surface area contributed by atoms with Gasteiger partial charge in [0.1, 0.15) is 6.10 Å². The smallest absolute Gasteiger partial charge is 0.251 e. The Bertz CT molecular complexity index is 478. The van der Waals surface area contributed by atoms with E-state index < -0.39 is 0 Å². The minimum atomic E-state index is -0.213. The summed E-state index contributed by atoms with van der Waals surface area (Å²) in [4.78, 5) is 21.0. The van der Waals surface area contributed by atoms with E-state index in [4.69, 9.17) is 9.47 Å². The minimum absolute atomic E-state index is 0.159. The number of aliphatic imine (C=N–C) groups is 1. The number of amides is 1. The quantitative estimate of drug-likeness (QED) is 0.340. The van der Waals surface area contributed by atoms with Crippen LogP contribution in [0.2, 0.25) is 0 Å². The molecule has 1 aliphatic carbocycles. The molecule has 27 heavy (non-hydrogen) atoms. The summed E-state index contributed by atoms with van der Waals surface area (Å²) < 4.78 is 11.6. The summed E-state index contributed by atoms with van der Waals surface area (Å²) in [6, 6.07) is 0. The SMILES string of the molecule is CN=C(NCCOC1CCCCCC1)N1CCN(C(=O)C2CCCO2)CC1. The normalized spacial score (nSPS) is 25.5. The lowest BCUT2D eigenvalue weighted by Crippen LogP contribution is -2.55. The van der Waals surface area contributed by atoms with Crippen molar-refractivity contribution in [2.75, 3.05) is 53.0 Å². The molecule has 3 rings (SSSR count). The fourth-order valence-electron chi connectivity index (χ4n) is 4.24. The zero-order chi connectivity index (χ0) is 18.9. The van der Waals surface area contributed by atoms with Gasteiger partial charge in [-0.25, -0.2) is 0 Å². The Morgan fingerprint density at radius 3 is 2.37 bits per heavy atom. The highest BCUT2D eigenvalue weighted by Crippen LogP contribution is 2.19. The van der Waals surface area contributed by atoms with Gasteiger partial charge in [0.2, 0.25) is 0 Å². The highest BCUT2D eigenvalue weighted by molar-refractivity contribution is 5.82. The first kappa shape index (κ1) is 20.4. The molecule has 7 heteroatoms. The van der Waals surface area contributed by atoms with Crippen molar-refractivity contribution >= 4 is 11.9 Å². The van der Waals surface area contributed by atoms with E-state index in [1.54, 1.807) is 0 Å². The molecule has 1 atom stereocenters. The molecule has 154 valence electrons. The Hall–Kier alpha value is -1.34. The number of piperazine rings is 1. The standard InChI is InChI=1S/C20H36N4O3/c1-21-20(22-10-16-26-17-7-4-2-3-5-8-17)24-13-11-23(12-14-24)19(25)18-9-6-15-27-18/h17-18H,2-16H2,1H3,(H,21,22). The number of nitrogens with one attached hydrogen (secondary N) is 1. The third-order valence-corrected chi connectivity index (χ3v) is 5.85. The highest BCUT2D eigenvalue weighted by Gasteiger charge is 2.30. The lowest BCUT2D eigenvalue weighted by atomic mass is 10.1. The van der Waals surface area contributed by atoms with Gasteiger partial charge in [-0.15, -0.1) is 0 Å². The number of rotatable bonds is 5. The van der Waals surface area contributed by atoms with Crippen molar-refractivity contribution in [2.45, 2.75) is 63.6 Å². The summed E-state index contributed by atoms with van der Waals surface area (Å²) >= 11 is 0. The molecule has 0 aromatic heterocycles. The van der Waals surface area contributed by atoms with E-state index in [-0.39, 0.29) is 12.0 Å². The van der Waals surface area contributed by atoms with Gasteiger partial charge in [0.25, 0.3) is 5.91 Å². The maximum atomic E-state index is 12.5. The molecule has 2 saturated heterocycles. The second kappa shape index (κ2) is 10.9. The molecule has 0 radical (unpaired) electrons. The monoisotopic (exact) mass is 380 g/mol. The largest absolute Gasteiger partial charge is 0.376 e. The molecule has 0 spiro atoms.